The minimum atomic E-state index is -0.697. The molecule has 4 nitrogen and oxygen atoms in total. The number of phenols is 1. The maximum Gasteiger partial charge on any atom is 0.363 e. The molecule has 2 aromatic carbocycles. The van der Waals surface area contributed by atoms with Gasteiger partial charge < -0.3 is 9.84 Å². The summed E-state index contributed by atoms with van der Waals surface area (Å²) in [5.41, 5.74) is 0.504. The quantitative estimate of drug-likeness (QED) is 0.656. The van der Waals surface area contributed by atoms with Gasteiger partial charge in [0.25, 0.3) is 0 Å². The number of carbonyl (C=O) groups excluding carboxylic acids is 1. The predicted octanol–water partition coefficient (Wildman–Crippen LogP) is 3.64. The van der Waals surface area contributed by atoms with E-state index in [2.05, 4.69) is 20.9 Å². The number of halogens is 2. The Labute approximate surface area is 133 Å². The zero-order valence-corrected chi connectivity index (χ0v) is 12.7. The van der Waals surface area contributed by atoms with E-state index >= 15 is 0 Å². The fourth-order valence-electron chi connectivity index (χ4n) is 1.95. The first-order valence-electron chi connectivity index (χ1n) is 6.30. The molecule has 0 aromatic heterocycles. The minimum Gasteiger partial charge on any atom is -0.507 e. The summed E-state index contributed by atoms with van der Waals surface area (Å²) >= 11 is 3.28. The van der Waals surface area contributed by atoms with Crippen molar-refractivity contribution in [1.82, 2.24) is 0 Å². The van der Waals surface area contributed by atoms with Gasteiger partial charge in [0.2, 0.25) is 5.90 Å². The molecule has 1 N–H and O–H groups in total. The number of nitrogens with zero attached hydrogens (tertiary/aromatic N) is 1. The van der Waals surface area contributed by atoms with E-state index in [9.17, 15) is 14.3 Å². The normalized spacial score (nSPS) is 15.8. The number of hydrogen-bond acceptors (Lipinski definition) is 4. The summed E-state index contributed by atoms with van der Waals surface area (Å²) in [5, 5.41) is 9.78. The van der Waals surface area contributed by atoms with Crippen molar-refractivity contribution < 1.29 is 19.0 Å². The Morgan fingerprint density at radius 2 is 2.00 bits per heavy atom. The zero-order valence-electron chi connectivity index (χ0n) is 11.1. The number of esters is 1. The summed E-state index contributed by atoms with van der Waals surface area (Å²) in [5.74, 6) is -1.32. The van der Waals surface area contributed by atoms with Crippen LogP contribution in [0.2, 0.25) is 0 Å². The third-order valence-corrected chi connectivity index (χ3v) is 3.50. The maximum absolute atomic E-state index is 13.7. The Balaban J connectivity index is 2.02. The lowest BCUT2D eigenvalue weighted by molar-refractivity contribution is -0.129. The van der Waals surface area contributed by atoms with Gasteiger partial charge in [-0.05, 0) is 36.4 Å². The van der Waals surface area contributed by atoms with Gasteiger partial charge >= 0.3 is 5.97 Å². The van der Waals surface area contributed by atoms with Gasteiger partial charge in [0.1, 0.15) is 11.6 Å². The lowest BCUT2D eigenvalue weighted by atomic mass is 10.1. The van der Waals surface area contributed by atoms with Gasteiger partial charge in [0.05, 0.1) is 5.56 Å². The molecule has 0 fully saturated rings. The molecule has 0 aliphatic carbocycles. The smallest absolute Gasteiger partial charge is 0.363 e. The largest absolute Gasteiger partial charge is 0.507 e. The number of ether oxygens (including phenoxy) is 1. The highest BCUT2D eigenvalue weighted by atomic mass is 79.9. The number of benzene rings is 2. The number of rotatable bonds is 2. The van der Waals surface area contributed by atoms with Crippen LogP contribution in [-0.2, 0) is 9.53 Å². The standard InChI is InChI=1S/C16H9BrFNO3/c17-10-5-6-14(20)9(7-10)8-13-16(21)22-15(19-13)11-3-1-2-4-12(11)18/h1-8,20H/b13-8+. The van der Waals surface area contributed by atoms with E-state index in [4.69, 9.17) is 4.74 Å². The predicted molar refractivity (Wildman–Crippen MR) is 82.8 cm³/mol. The van der Waals surface area contributed by atoms with Crippen LogP contribution in [0, 0.1) is 5.82 Å². The van der Waals surface area contributed by atoms with E-state index in [1.165, 1.54) is 30.3 Å². The summed E-state index contributed by atoms with van der Waals surface area (Å²) in [4.78, 5) is 15.9. The first-order valence-corrected chi connectivity index (χ1v) is 7.10. The average Bonchev–Trinajstić information content (AvgIpc) is 2.84. The van der Waals surface area contributed by atoms with Crippen LogP contribution in [0.3, 0.4) is 0 Å². The molecule has 0 bridgehead atoms. The van der Waals surface area contributed by atoms with E-state index in [-0.39, 0.29) is 22.9 Å². The fourth-order valence-corrected chi connectivity index (χ4v) is 2.33. The van der Waals surface area contributed by atoms with E-state index < -0.39 is 11.8 Å². The van der Waals surface area contributed by atoms with Gasteiger partial charge in [0.15, 0.2) is 5.70 Å². The van der Waals surface area contributed by atoms with Crippen molar-refractivity contribution in [3.05, 3.63) is 69.6 Å². The molecule has 0 atom stereocenters. The number of hydrogen-bond donors (Lipinski definition) is 1. The van der Waals surface area contributed by atoms with Crippen molar-refractivity contribution in [3.8, 4) is 5.75 Å². The minimum absolute atomic E-state index is 0.00181. The first kappa shape index (κ1) is 14.5. The molecule has 0 unspecified atom stereocenters. The Morgan fingerprint density at radius 3 is 2.77 bits per heavy atom. The Hall–Kier alpha value is -2.47. The Morgan fingerprint density at radius 1 is 1.23 bits per heavy atom. The number of carbonyl (C=O) groups is 1. The SMILES string of the molecule is O=C1OC(c2ccccc2F)=N/C1=C/c1cc(Br)ccc1O. The molecular weight excluding hydrogens is 353 g/mol. The summed E-state index contributed by atoms with van der Waals surface area (Å²) < 4.78 is 19.4. The highest BCUT2D eigenvalue weighted by Gasteiger charge is 2.26. The number of phenolic OH excluding ortho intramolecular Hbond substituents is 1. The molecule has 0 amide bonds. The molecule has 0 spiro atoms. The second kappa shape index (κ2) is 5.73. The molecule has 22 heavy (non-hydrogen) atoms. The van der Waals surface area contributed by atoms with Crippen molar-refractivity contribution in [3.63, 3.8) is 0 Å². The van der Waals surface area contributed by atoms with E-state index in [0.717, 1.165) is 4.47 Å². The Kier molecular flexibility index (Phi) is 3.77. The van der Waals surface area contributed by atoms with E-state index in [0.29, 0.717) is 5.56 Å². The first-order chi connectivity index (χ1) is 10.5. The number of aliphatic imine (C=N–C) groups is 1. The van der Waals surface area contributed by atoms with Crippen LogP contribution in [0.15, 0.2) is 57.6 Å². The molecule has 1 aliphatic rings. The summed E-state index contributed by atoms with van der Waals surface area (Å²) in [6, 6.07) is 10.7. The summed E-state index contributed by atoms with van der Waals surface area (Å²) in [6.07, 6.45) is 1.39. The van der Waals surface area contributed by atoms with Gasteiger partial charge in [0, 0.05) is 10.0 Å². The zero-order chi connectivity index (χ0) is 15.7. The molecule has 0 radical (unpaired) electrons. The van der Waals surface area contributed by atoms with Gasteiger partial charge in [-0.25, -0.2) is 14.2 Å². The molecule has 110 valence electrons. The molecular formula is C16H9BrFNO3. The second-order valence-corrected chi connectivity index (χ2v) is 5.43. The summed E-state index contributed by atoms with van der Waals surface area (Å²) in [6.45, 7) is 0. The van der Waals surface area contributed by atoms with Crippen LogP contribution in [0.25, 0.3) is 6.08 Å². The van der Waals surface area contributed by atoms with Gasteiger partial charge in [-0.3, -0.25) is 0 Å². The molecule has 3 rings (SSSR count). The topological polar surface area (TPSA) is 58.9 Å². The molecule has 0 saturated carbocycles. The molecule has 0 saturated heterocycles. The lowest BCUT2D eigenvalue weighted by Crippen LogP contribution is -2.07. The molecule has 1 heterocycles. The van der Waals surface area contributed by atoms with Crippen molar-refractivity contribution in [2.24, 2.45) is 4.99 Å². The number of cyclic esters (lactones) is 1. The van der Waals surface area contributed by atoms with Gasteiger partial charge in [-0.2, -0.15) is 0 Å². The van der Waals surface area contributed by atoms with Crippen LogP contribution in [0.5, 0.6) is 5.75 Å². The van der Waals surface area contributed by atoms with E-state index in [1.807, 2.05) is 0 Å². The van der Waals surface area contributed by atoms with Crippen LogP contribution < -0.4 is 0 Å². The Bertz CT molecular complexity index is 830. The summed E-state index contributed by atoms with van der Waals surface area (Å²) in [7, 11) is 0. The molecule has 2 aromatic rings. The molecule has 6 heteroatoms. The maximum atomic E-state index is 13.7. The lowest BCUT2D eigenvalue weighted by Gasteiger charge is -2.00. The monoisotopic (exact) mass is 361 g/mol. The van der Waals surface area contributed by atoms with Crippen molar-refractivity contribution in [2.45, 2.75) is 0 Å². The van der Waals surface area contributed by atoms with Crippen molar-refractivity contribution >= 4 is 33.9 Å². The van der Waals surface area contributed by atoms with Crippen LogP contribution in [-0.4, -0.2) is 17.0 Å². The molecule has 1 aliphatic heterocycles. The van der Waals surface area contributed by atoms with Crippen molar-refractivity contribution in [1.29, 1.82) is 0 Å². The third kappa shape index (κ3) is 2.78. The van der Waals surface area contributed by atoms with Crippen molar-refractivity contribution in [2.75, 3.05) is 0 Å². The second-order valence-electron chi connectivity index (χ2n) is 4.52. The van der Waals surface area contributed by atoms with Crippen LogP contribution in [0.4, 0.5) is 4.39 Å². The van der Waals surface area contributed by atoms with Gasteiger partial charge in [-0.1, -0.05) is 28.1 Å². The number of aromatic hydroxyl groups is 1. The third-order valence-electron chi connectivity index (χ3n) is 3.01. The highest BCUT2D eigenvalue weighted by Crippen LogP contribution is 2.27. The van der Waals surface area contributed by atoms with Crippen LogP contribution >= 0.6 is 15.9 Å². The van der Waals surface area contributed by atoms with E-state index in [1.54, 1.807) is 18.2 Å². The highest BCUT2D eigenvalue weighted by molar-refractivity contribution is 9.10. The van der Waals surface area contributed by atoms with Crippen LogP contribution in [0.1, 0.15) is 11.1 Å². The van der Waals surface area contributed by atoms with Gasteiger partial charge in [-0.15, -0.1) is 0 Å². The fraction of sp³-hybridized carbons (Fsp3) is 0. The average molecular weight is 362 g/mol.